The van der Waals surface area contributed by atoms with Gasteiger partial charge in [-0.2, -0.15) is 0 Å². The molecule has 0 amide bonds. The van der Waals surface area contributed by atoms with Gasteiger partial charge in [0, 0.05) is 12.0 Å². The summed E-state index contributed by atoms with van der Waals surface area (Å²) in [6.07, 6.45) is 7.64. The predicted molar refractivity (Wildman–Crippen MR) is 187 cm³/mol. The summed E-state index contributed by atoms with van der Waals surface area (Å²) in [6.45, 7) is 7.20. The molecular weight excluding hydrogens is 624 g/mol. The van der Waals surface area contributed by atoms with Crippen molar-refractivity contribution in [1.82, 2.24) is 0 Å². The van der Waals surface area contributed by atoms with E-state index in [0.29, 0.717) is 17.5 Å². The van der Waals surface area contributed by atoms with Gasteiger partial charge in [-0.1, -0.05) is 95.2 Å². The summed E-state index contributed by atoms with van der Waals surface area (Å²) in [4.78, 5) is 62.2. The first kappa shape index (κ1) is 38.7. The van der Waals surface area contributed by atoms with Crippen LogP contribution in [0.5, 0.6) is 5.75 Å². The molecule has 3 aromatic rings. The normalized spacial score (nSPS) is 12.0. The molecule has 0 aliphatic carbocycles. The lowest BCUT2D eigenvalue weighted by Crippen LogP contribution is -2.33. The molecule has 9 nitrogen and oxygen atoms in total. The van der Waals surface area contributed by atoms with Gasteiger partial charge < -0.3 is 18.9 Å². The van der Waals surface area contributed by atoms with Crippen LogP contribution >= 0.6 is 0 Å². The van der Waals surface area contributed by atoms with Crippen molar-refractivity contribution in [2.45, 2.75) is 104 Å². The highest BCUT2D eigenvalue weighted by Gasteiger charge is 2.26. The van der Waals surface area contributed by atoms with E-state index < -0.39 is 36.1 Å². The Morgan fingerprint density at radius 3 is 1.63 bits per heavy atom. The fraction of sp³-hybridized carbons (Fsp3) is 0.425. The van der Waals surface area contributed by atoms with Crippen LogP contribution in [0.4, 0.5) is 0 Å². The quantitative estimate of drug-likeness (QED) is 0.0381. The monoisotopic (exact) mass is 672 g/mol. The van der Waals surface area contributed by atoms with Gasteiger partial charge in [0.25, 0.3) is 0 Å². The van der Waals surface area contributed by atoms with Gasteiger partial charge in [0.15, 0.2) is 18.0 Å². The van der Waals surface area contributed by atoms with Crippen molar-refractivity contribution in [2.24, 2.45) is 0 Å². The number of rotatable bonds is 20. The number of benzene rings is 3. The number of unbranched alkanes of at least 4 members (excludes halogenated alkanes) is 7. The maximum absolute atomic E-state index is 12.8. The SMILES string of the molecule is CCCCCCCCC(=O)c1ccc(-c2ccc(C(=O)Oc3ccc(C(=O)OC(C)C(=O)OC(C)C(=O)OCCCCC)cc3)cc2)cc1. The fourth-order valence-electron chi connectivity index (χ4n) is 4.92. The number of ether oxygens (including phenoxy) is 4. The number of esters is 4. The van der Waals surface area contributed by atoms with Gasteiger partial charge in [-0.05, 0) is 74.2 Å². The average Bonchev–Trinajstić information content (AvgIpc) is 3.11. The molecule has 0 radical (unpaired) electrons. The Morgan fingerprint density at radius 2 is 1.02 bits per heavy atom. The molecule has 2 atom stereocenters. The lowest BCUT2D eigenvalue weighted by Gasteiger charge is -2.16. The highest BCUT2D eigenvalue weighted by molar-refractivity contribution is 5.96. The molecule has 0 spiro atoms. The minimum absolute atomic E-state index is 0.127. The van der Waals surface area contributed by atoms with Crippen LogP contribution in [-0.4, -0.2) is 48.5 Å². The average molecular weight is 673 g/mol. The molecule has 0 N–H and O–H groups in total. The molecule has 0 heterocycles. The highest BCUT2D eigenvalue weighted by atomic mass is 16.6. The molecular formula is C40H48O9. The van der Waals surface area contributed by atoms with Crippen LogP contribution < -0.4 is 4.74 Å². The molecule has 262 valence electrons. The first-order valence-corrected chi connectivity index (χ1v) is 17.3. The van der Waals surface area contributed by atoms with Gasteiger partial charge in [-0.3, -0.25) is 4.79 Å². The Labute approximate surface area is 289 Å². The Bertz CT molecular complexity index is 1510. The molecule has 49 heavy (non-hydrogen) atoms. The van der Waals surface area contributed by atoms with E-state index in [0.717, 1.165) is 43.2 Å². The fourth-order valence-corrected chi connectivity index (χ4v) is 4.92. The summed E-state index contributed by atoms with van der Waals surface area (Å²) in [5.74, 6) is -2.54. The van der Waals surface area contributed by atoms with Gasteiger partial charge in [0.1, 0.15) is 5.75 Å². The molecule has 3 rings (SSSR count). The minimum Gasteiger partial charge on any atom is -0.463 e. The number of Topliss-reactive ketones (excluding diaryl/α,β-unsaturated/α-hetero) is 1. The molecule has 0 aliphatic heterocycles. The standard InChI is InChI=1S/C40H48O9/c1-5-7-9-10-11-12-14-36(41)32-19-15-30(16-20-32)31-17-21-33(22-18-31)40(45)49-35-25-23-34(24-26-35)39(44)48-29(4)38(43)47-28(3)37(42)46-27-13-8-6-2/h15-26,28-29H,5-14,27H2,1-4H3. The topological polar surface area (TPSA) is 122 Å². The molecule has 0 saturated carbocycles. The van der Waals surface area contributed by atoms with E-state index in [2.05, 4.69) is 6.92 Å². The number of carbonyl (C=O) groups excluding carboxylic acids is 5. The van der Waals surface area contributed by atoms with Crippen LogP contribution in [0.3, 0.4) is 0 Å². The van der Waals surface area contributed by atoms with E-state index in [4.69, 9.17) is 18.9 Å². The van der Waals surface area contributed by atoms with Crippen molar-refractivity contribution in [3.05, 3.63) is 89.5 Å². The summed E-state index contributed by atoms with van der Waals surface area (Å²) in [7, 11) is 0. The molecule has 9 heteroatoms. The van der Waals surface area contributed by atoms with E-state index in [1.165, 1.54) is 63.8 Å². The Kier molecular flexibility index (Phi) is 16.2. The number of carbonyl (C=O) groups is 5. The molecule has 0 saturated heterocycles. The number of hydrogen-bond acceptors (Lipinski definition) is 9. The zero-order valence-electron chi connectivity index (χ0n) is 29.0. The third-order valence-corrected chi connectivity index (χ3v) is 7.95. The van der Waals surface area contributed by atoms with E-state index in [1.807, 2.05) is 43.3 Å². The van der Waals surface area contributed by atoms with Gasteiger partial charge in [-0.15, -0.1) is 0 Å². The van der Waals surface area contributed by atoms with Gasteiger partial charge in [-0.25, -0.2) is 19.2 Å². The van der Waals surface area contributed by atoms with Crippen molar-refractivity contribution in [1.29, 1.82) is 0 Å². The van der Waals surface area contributed by atoms with E-state index in [1.54, 1.807) is 12.1 Å². The zero-order chi connectivity index (χ0) is 35.6. The van der Waals surface area contributed by atoms with E-state index >= 15 is 0 Å². The zero-order valence-corrected chi connectivity index (χ0v) is 29.0. The third kappa shape index (κ3) is 13.0. The van der Waals surface area contributed by atoms with Crippen molar-refractivity contribution in [3.8, 4) is 16.9 Å². The van der Waals surface area contributed by atoms with Crippen LogP contribution in [0.15, 0.2) is 72.8 Å². The highest BCUT2D eigenvalue weighted by Crippen LogP contribution is 2.23. The van der Waals surface area contributed by atoms with E-state index in [-0.39, 0.29) is 23.7 Å². The molecule has 3 aromatic carbocycles. The summed E-state index contributed by atoms with van der Waals surface area (Å²) in [5, 5.41) is 0. The van der Waals surface area contributed by atoms with E-state index in [9.17, 15) is 24.0 Å². The van der Waals surface area contributed by atoms with Crippen molar-refractivity contribution < 1.29 is 42.9 Å². The first-order valence-electron chi connectivity index (χ1n) is 17.3. The summed E-state index contributed by atoms with van der Waals surface area (Å²) in [6, 6.07) is 20.2. The molecule has 0 fully saturated rings. The van der Waals surface area contributed by atoms with Crippen LogP contribution in [0.1, 0.15) is 123 Å². The number of hydrogen-bond donors (Lipinski definition) is 0. The molecule has 2 unspecified atom stereocenters. The number of ketones is 1. The molecule has 0 aromatic heterocycles. The summed E-state index contributed by atoms with van der Waals surface area (Å²) >= 11 is 0. The minimum atomic E-state index is -1.27. The maximum atomic E-state index is 12.8. The second-order valence-electron chi connectivity index (χ2n) is 12.0. The Morgan fingerprint density at radius 1 is 0.531 bits per heavy atom. The van der Waals surface area contributed by atoms with Gasteiger partial charge in [0.2, 0.25) is 0 Å². The second kappa shape index (κ2) is 20.5. The third-order valence-electron chi connectivity index (χ3n) is 7.95. The summed E-state index contributed by atoms with van der Waals surface area (Å²) < 4.78 is 20.8. The van der Waals surface area contributed by atoms with Crippen LogP contribution in [-0.2, 0) is 23.8 Å². The van der Waals surface area contributed by atoms with Gasteiger partial charge in [0.05, 0.1) is 17.7 Å². The van der Waals surface area contributed by atoms with Crippen LogP contribution in [0, 0.1) is 0 Å². The largest absolute Gasteiger partial charge is 0.463 e. The van der Waals surface area contributed by atoms with Crippen molar-refractivity contribution in [2.75, 3.05) is 6.61 Å². The first-order chi connectivity index (χ1) is 23.6. The van der Waals surface area contributed by atoms with Crippen molar-refractivity contribution in [3.63, 3.8) is 0 Å². The smallest absolute Gasteiger partial charge is 0.348 e. The Balaban J connectivity index is 1.46. The predicted octanol–water partition coefficient (Wildman–Crippen LogP) is 8.72. The molecule has 0 aliphatic rings. The van der Waals surface area contributed by atoms with Crippen molar-refractivity contribution >= 4 is 29.7 Å². The Hall–Kier alpha value is -4.79. The summed E-state index contributed by atoms with van der Waals surface area (Å²) in [5.41, 5.74) is 2.99. The van der Waals surface area contributed by atoms with Gasteiger partial charge >= 0.3 is 23.9 Å². The van der Waals surface area contributed by atoms with Crippen LogP contribution in [0.25, 0.3) is 11.1 Å². The maximum Gasteiger partial charge on any atom is 0.348 e. The van der Waals surface area contributed by atoms with Crippen LogP contribution in [0.2, 0.25) is 0 Å². The lowest BCUT2D eigenvalue weighted by molar-refractivity contribution is -0.171. The molecule has 0 bridgehead atoms. The lowest BCUT2D eigenvalue weighted by atomic mass is 9.99. The second-order valence-corrected chi connectivity index (χ2v) is 12.0.